The Bertz CT molecular complexity index is 658. The number of carbonyl (C=O) groups is 1. The highest BCUT2D eigenvalue weighted by Crippen LogP contribution is 2.33. The molecule has 0 unspecified atom stereocenters. The summed E-state index contributed by atoms with van der Waals surface area (Å²) in [7, 11) is 1.95. The number of rotatable bonds is 2. The first kappa shape index (κ1) is 14.3. The van der Waals surface area contributed by atoms with Crippen LogP contribution in [0.2, 0.25) is 0 Å². The molecule has 3 heterocycles. The number of piperidine rings is 1. The minimum Gasteiger partial charge on any atom is -0.344 e. The Morgan fingerprint density at radius 2 is 2.14 bits per heavy atom. The molecule has 1 atom stereocenters. The van der Waals surface area contributed by atoms with E-state index in [4.69, 9.17) is 0 Å². The van der Waals surface area contributed by atoms with Crippen molar-refractivity contribution in [3.05, 3.63) is 39.6 Å². The lowest BCUT2D eigenvalue weighted by Gasteiger charge is -2.34. The topological polar surface area (TPSA) is 38.1 Å². The van der Waals surface area contributed by atoms with Crippen molar-refractivity contribution in [1.82, 2.24) is 14.5 Å². The van der Waals surface area contributed by atoms with Gasteiger partial charge in [-0.1, -0.05) is 0 Å². The van der Waals surface area contributed by atoms with E-state index in [1.54, 1.807) is 11.3 Å². The van der Waals surface area contributed by atoms with Crippen molar-refractivity contribution in [3.8, 4) is 0 Å². The maximum atomic E-state index is 12.9. The molecule has 1 aliphatic heterocycles. The fourth-order valence-corrected chi connectivity index (χ4v) is 3.87. The number of nitrogens with zero attached hydrogens (tertiary/aromatic N) is 3. The van der Waals surface area contributed by atoms with E-state index in [0.29, 0.717) is 0 Å². The van der Waals surface area contributed by atoms with Crippen LogP contribution in [0.1, 0.15) is 52.2 Å². The van der Waals surface area contributed by atoms with Gasteiger partial charge in [-0.25, -0.2) is 4.98 Å². The van der Waals surface area contributed by atoms with E-state index in [1.165, 1.54) is 6.42 Å². The summed E-state index contributed by atoms with van der Waals surface area (Å²) in [5.74, 6) is 0.128. The van der Waals surface area contributed by atoms with E-state index in [1.807, 2.05) is 42.5 Å². The van der Waals surface area contributed by atoms with Gasteiger partial charge in [-0.05, 0) is 45.2 Å². The van der Waals surface area contributed by atoms with Crippen molar-refractivity contribution in [2.75, 3.05) is 6.54 Å². The highest BCUT2D eigenvalue weighted by molar-refractivity contribution is 7.09. The summed E-state index contributed by atoms with van der Waals surface area (Å²) in [6.07, 6.45) is 3.26. The smallest absolute Gasteiger partial charge is 0.271 e. The summed E-state index contributed by atoms with van der Waals surface area (Å²) in [5, 5.41) is 3.14. The maximum Gasteiger partial charge on any atom is 0.271 e. The molecule has 0 spiro atoms. The summed E-state index contributed by atoms with van der Waals surface area (Å²) >= 11 is 1.67. The van der Waals surface area contributed by atoms with Gasteiger partial charge in [0.05, 0.1) is 6.04 Å². The number of likely N-dealkylation sites (tertiary alicyclic amines) is 1. The lowest BCUT2D eigenvalue weighted by Crippen LogP contribution is -2.39. The van der Waals surface area contributed by atoms with Crippen LogP contribution in [0.3, 0.4) is 0 Å². The van der Waals surface area contributed by atoms with Crippen molar-refractivity contribution >= 4 is 17.2 Å². The van der Waals surface area contributed by atoms with E-state index in [9.17, 15) is 4.79 Å². The standard InChI is InChI=1S/C16H21N3OS/c1-11-10-21-15(17-11)13-6-4-5-9-19(13)16(20)14-8-7-12(2)18(14)3/h7-8,10,13H,4-6,9H2,1-3H3/t13-/m1/s1. The first-order valence-electron chi connectivity index (χ1n) is 7.43. The van der Waals surface area contributed by atoms with Gasteiger partial charge >= 0.3 is 0 Å². The predicted octanol–water partition coefficient (Wildman–Crippen LogP) is 3.47. The minimum atomic E-state index is 0.128. The van der Waals surface area contributed by atoms with E-state index < -0.39 is 0 Å². The molecule has 2 aromatic heterocycles. The van der Waals surface area contributed by atoms with Crippen LogP contribution in [-0.2, 0) is 7.05 Å². The van der Waals surface area contributed by atoms with Crippen molar-refractivity contribution in [1.29, 1.82) is 0 Å². The molecule has 112 valence electrons. The largest absolute Gasteiger partial charge is 0.344 e. The van der Waals surface area contributed by atoms with Crippen LogP contribution in [0.25, 0.3) is 0 Å². The molecule has 0 N–H and O–H groups in total. The normalized spacial score (nSPS) is 19.0. The quantitative estimate of drug-likeness (QED) is 0.852. The van der Waals surface area contributed by atoms with Crippen LogP contribution in [0.5, 0.6) is 0 Å². The second kappa shape index (κ2) is 5.64. The number of carbonyl (C=O) groups excluding carboxylic acids is 1. The van der Waals surface area contributed by atoms with Gasteiger partial charge in [0.1, 0.15) is 10.7 Å². The Morgan fingerprint density at radius 1 is 1.33 bits per heavy atom. The third-order valence-electron chi connectivity index (χ3n) is 4.28. The average molecular weight is 303 g/mol. The Labute approximate surface area is 129 Å². The van der Waals surface area contributed by atoms with Crippen molar-refractivity contribution in [2.24, 2.45) is 7.05 Å². The summed E-state index contributed by atoms with van der Waals surface area (Å²) in [6.45, 7) is 4.86. The zero-order valence-corrected chi connectivity index (χ0v) is 13.6. The molecule has 1 amide bonds. The molecule has 1 aliphatic rings. The summed E-state index contributed by atoms with van der Waals surface area (Å²) in [6, 6.07) is 4.07. The first-order valence-corrected chi connectivity index (χ1v) is 8.31. The molecule has 2 aromatic rings. The lowest BCUT2D eigenvalue weighted by atomic mass is 10.0. The van der Waals surface area contributed by atoms with Gasteiger partial charge < -0.3 is 9.47 Å². The number of thiazole rings is 1. The van der Waals surface area contributed by atoms with Gasteiger partial charge in [0, 0.05) is 30.4 Å². The molecule has 0 saturated carbocycles. The molecule has 21 heavy (non-hydrogen) atoms. The Balaban J connectivity index is 1.91. The molecule has 5 heteroatoms. The molecule has 1 saturated heterocycles. The van der Waals surface area contributed by atoms with E-state index in [2.05, 4.69) is 10.4 Å². The molecule has 0 aromatic carbocycles. The highest BCUT2D eigenvalue weighted by Gasteiger charge is 2.31. The van der Waals surface area contributed by atoms with Crippen molar-refractivity contribution < 1.29 is 4.79 Å². The lowest BCUT2D eigenvalue weighted by molar-refractivity contribution is 0.0601. The summed E-state index contributed by atoms with van der Waals surface area (Å²) in [4.78, 5) is 19.5. The van der Waals surface area contributed by atoms with Crippen molar-refractivity contribution in [2.45, 2.75) is 39.2 Å². The number of amides is 1. The minimum absolute atomic E-state index is 0.128. The molecule has 3 rings (SSSR count). The molecule has 4 nitrogen and oxygen atoms in total. The zero-order valence-electron chi connectivity index (χ0n) is 12.8. The van der Waals surface area contributed by atoms with Gasteiger partial charge in [0.15, 0.2) is 0 Å². The van der Waals surface area contributed by atoms with Gasteiger partial charge in [0.25, 0.3) is 5.91 Å². The third kappa shape index (κ3) is 2.62. The highest BCUT2D eigenvalue weighted by atomic mass is 32.1. The van der Waals surface area contributed by atoms with Crippen LogP contribution in [0.15, 0.2) is 17.5 Å². The Kier molecular flexibility index (Phi) is 3.85. The van der Waals surface area contributed by atoms with Crippen LogP contribution >= 0.6 is 11.3 Å². The summed E-state index contributed by atoms with van der Waals surface area (Å²) < 4.78 is 1.97. The number of aryl methyl sites for hydroxylation is 2. The van der Waals surface area contributed by atoms with Crippen LogP contribution in [-0.4, -0.2) is 26.9 Å². The van der Waals surface area contributed by atoms with Gasteiger partial charge in [0.2, 0.25) is 0 Å². The molecular weight excluding hydrogens is 282 g/mol. The number of hydrogen-bond acceptors (Lipinski definition) is 3. The number of aromatic nitrogens is 2. The average Bonchev–Trinajstić information content (AvgIpc) is 3.06. The SMILES string of the molecule is Cc1csc([C@H]2CCCCN2C(=O)c2ccc(C)n2C)n1. The van der Waals surface area contributed by atoms with E-state index in [-0.39, 0.29) is 11.9 Å². The molecule has 0 bridgehead atoms. The molecule has 0 aliphatic carbocycles. The Morgan fingerprint density at radius 3 is 2.76 bits per heavy atom. The van der Waals surface area contributed by atoms with Gasteiger partial charge in [-0.15, -0.1) is 11.3 Å². The fraction of sp³-hybridized carbons (Fsp3) is 0.500. The predicted molar refractivity (Wildman–Crippen MR) is 84.6 cm³/mol. The molecule has 1 fully saturated rings. The molecular formula is C16H21N3OS. The third-order valence-corrected chi connectivity index (χ3v) is 5.34. The fourth-order valence-electron chi connectivity index (χ4n) is 2.93. The second-order valence-corrected chi connectivity index (χ2v) is 6.65. The first-order chi connectivity index (χ1) is 10.1. The monoisotopic (exact) mass is 303 g/mol. The van der Waals surface area contributed by atoms with E-state index >= 15 is 0 Å². The number of hydrogen-bond donors (Lipinski definition) is 0. The van der Waals surface area contributed by atoms with Crippen molar-refractivity contribution in [3.63, 3.8) is 0 Å². The van der Waals surface area contributed by atoms with Gasteiger partial charge in [-0.2, -0.15) is 0 Å². The maximum absolute atomic E-state index is 12.9. The zero-order chi connectivity index (χ0) is 15.0. The van der Waals surface area contributed by atoms with Crippen LogP contribution in [0.4, 0.5) is 0 Å². The van der Waals surface area contributed by atoms with Crippen LogP contribution in [0, 0.1) is 13.8 Å². The summed E-state index contributed by atoms with van der Waals surface area (Å²) in [5.41, 5.74) is 2.92. The Hall–Kier alpha value is -1.62. The molecule has 0 radical (unpaired) electrons. The van der Waals surface area contributed by atoms with Crippen LogP contribution < -0.4 is 0 Å². The van der Waals surface area contributed by atoms with Gasteiger partial charge in [-0.3, -0.25) is 4.79 Å². The second-order valence-electron chi connectivity index (χ2n) is 5.76. The van der Waals surface area contributed by atoms with E-state index in [0.717, 1.165) is 41.5 Å².